The van der Waals surface area contributed by atoms with E-state index in [1.807, 2.05) is 38.1 Å². The number of terminal acetylenes is 1. The summed E-state index contributed by atoms with van der Waals surface area (Å²) >= 11 is 5.15. The molecule has 0 radical (unpaired) electrons. The summed E-state index contributed by atoms with van der Waals surface area (Å²) in [5.74, 6) is 2.20. The predicted molar refractivity (Wildman–Crippen MR) is 276 cm³/mol. The van der Waals surface area contributed by atoms with Gasteiger partial charge in [-0.25, -0.2) is 16.8 Å². The highest BCUT2D eigenvalue weighted by molar-refractivity contribution is 8.13. The van der Waals surface area contributed by atoms with Crippen LogP contribution in [0.25, 0.3) is 0 Å². The average molecular weight is 1010 g/mol. The molecule has 1 aliphatic heterocycles. The summed E-state index contributed by atoms with van der Waals surface area (Å²) in [6, 6.07) is 26.7. The van der Waals surface area contributed by atoms with E-state index in [0.717, 1.165) is 34.3 Å². The third kappa shape index (κ3) is 18.5. The summed E-state index contributed by atoms with van der Waals surface area (Å²) in [6.07, 6.45) is 12.3. The molecule has 2 fully saturated rings. The molecule has 4 aromatic rings. The van der Waals surface area contributed by atoms with Crippen molar-refractivity contribution in [3.8, 4) is 12.3 Å². The Morgan fingerprint density at radius 2 is 1.19 bits per heavy atom. The number of amides is 3. The summed E-state index contributed by atoms with van der Waals surface area (Å²) in [5.41, 5.74) is 4.88. The molecule has 3 amide bonds. The Morgan fingerprint density at radius 3 is 1.66 bits per heavy atom. The number of hydrogen-bond acceptors (Lipinski definition) is 8. The van der Waals surface area contributed by atoms with Gasteiger partial charge >= 0.3 is 0 Å². The van der Waals surface area contributed by atoms with E-state index < -0.39 is 30.4 Å². The Morgan fingerprint density at radius 1 is 0.735 bits per heavy atom. The molecule has 1 aliphatic carbocycles. The number of nitrogens with one attached hydrogen (secondary N) is 2. The summed E-state index contributed by atoms with van der Waals surface area (Å²) < 4.78 is 48.1. The number of likely N-dealkylation sites (tertiary alicyclic amines) is 1. The van der Waals surface area contributed by atoms with Crippen molar-refractivity contribution in [2.24, 2.45) is 5.92 Å². The zero-order chi connectivity index (χ0) is 49.2. The van der Waals surface area contributed by atoms with Crippen molar-refractivity contribution in [1.29, 1.82) is 0 Å². The fourth-order valence-corrected chi connectivity index (χ4v) is 9.15. The first kappa shape index (κ1) is 61.0. The Labute approximate surface area is 416 Å². The van der Waals surface area contributed by atoms with E-state index in [1.165, 1.54) is 78.7 Å². The molecule has 4 aromatic carbocycles. The van der Waals surface area contributed by atoms with Gasteiger partial charge in [-0.05, 0) is 106 Å². The molecule has 1 saturated carbocycles. The van der Waals surface area contributed by atoms with Crippen LogP contribution in [0.1, 0.15) is 143 Å². The summed E-state index contributed by atoms with van der Waals surface area (Å²) in [5, 5.41) is 5.40. The fourth-order valence-electron chi connectivity index (χ4n) is 7.11. The van der Waals surface area contributed by atoms with E-state index >= 15 is 0 Å². The van der Waals surface area contributed by atoms with Crippen LogP contribution in [0.3, 0.4) is 0 Å². The Balaban J connectivity index is 0.000000551. The normalized spacial score (nSPS) is 15.1. The zero-order valence-corrected chi connectivity index (χ0v) is 41.9. The first-order valence-corrected chi connectivity index (χ1v) is 26.1. The third-order valence-corrected chi connectivity index (χ3v) is 14.2. The van der Waals surface area contributed by atoms with E-state index in [9.17, 15) is 36.0 Å². The minimum absolute atomic E-state index is 0. The molecular weight excluding hydrogens is 944 g/mol. The molecule has 2 N–H and O–H groups in total. The van der Waals surface area contributed by atoms with Gasteiger partial charge in [0.05, 0.1) is 28.4 Å². The minimum Gasteiger partial charge on any atom is -0.349 e. The van der Waals surface area contributed by atoms with Gasteiger partial charge in [0.1, 0.15) is 6.04 Å². The molecule has 1 saturated heterocycles. The topological polar surface area (TPSA) is 167 Å². The van der Waals surface area contributed by atoms with Crippen LogP contribution in [0.2, 0.25) is 0 Å². The maximum Gasteiger partial charge on any atom is 0.261 e. The quantitative estimate of drug-likeness (QED) is 0.104. The molecule has 0 spiro atoms. The fraction of sp³-hybridized carbons (Fsp3) is 0.423. The monoisotopic (exact) mass is 1010 g/mol. The summed E-state index contributed by atoms with van der Waals surface area (Å²) in [7, 11) is -1.18. The number of aryl methyl sites for hydroxylation is 2. The highest BCUT2D eigenvalue weighted by Gasteiger charge is 2.35. The lowest BCUT2D eigenvalue weighted by molar-refractivity contribution is -0.126. The second-order valence-electron chi connectivity index (χ2n) is 16.4. The molecule has 3 atom stereocenters. The smallest absolute Gasteiger partial charge is 0.261 e. The van der Waals surface area contributed by atoms with E-state index in [0.29, 0.717) is 19.4 Å². The van der Waals surface area contributed by atoms with Crippen molar-refractivity contribution >= 4 is 64.3 Å². The van der Waals surface area contributed by atoms with Crippen molar-refractivity contribution in [1.82, 2.24) is 19.8 Å². The van der Waals surface area contributed by atoms with Crippen molar-refractivity contribution in [3.63, 3.8) is 0 Å². The van der Waals surface area contributed by atoms with Crippen LogP contribution in [0.5, 0.6) is 0 Å². The number of carbonyl (C=O) groups is 4. The molecule has 0 aromatic heterocycles. The van der Waals surface area contributed by atoms with Gasteiger partial charge in [-0.15, -0.1) is 6.42 Å². The standard InChI is InChI=1S/C25H29N3O4S.C15H21NO.C7H4Cl2O3S.C3H8.2CH4/c1-5-15-27(4)33(31,32)22-9-6-8-21(17-22)25(30)28-16-7-10-23(28)24(29)26-19(3)20-13-11-18(2)12-14-20;1-11-7-9-13(10-8-11)12(2)16-15(17)14-5-3-4-6-14;8-7(10)5-2-1-3-6(4-5)13(9,11)12;1-3-2;;/h1,6,8-9,11-14,17,19,23H,7,10,15-16H2,2-4H3,(H,26,29);7-10,12,14H,3-6H2,1-2H3,(H,16,17);1-4H;3H2,1-2H3;2*1H4/t19-,23-;12-;;;;/m11..../s1. The van der Waals surface area contributed by atoms with Gasteiger partial charge in [0.2, 0.25) is 21.8 Å². The van der Waals surface area contributed by atoms with Gasteiger partial charge in [-0.3, -0.25) is 19.2 Å². The molecule has 2 aliphatic rings. The zero-order valence-electron chi connectivity index (χ0n) is 38.7. The van der Waals surface area contributed by atoms with Crippen molar-refractivity contribution in [2.75, 3.05) is 20.1 Å². The first-order chi connectivity index (χ1) is 31.1. The maximum atomic E-state index is 13.2. The second-order valence-corrected chi connectivity index (χ2v) is 21.3. The highest BCUT2D eigenvalue weighted by atomic mass is 35.7. The molecule has 0 bridgehead atoms. The molecule has 16 heteroatoms. The Hall–Kier alpha value is -5.04. The number of sulfonamides is 1. The largest absolute Gasteiger partial charge is 0.349 e. The number of hydrogen-bond donors (Lipinski definition) is 2. The van der Waals surface area contributed by atoms with Gasteiger partial charge in [-0.2, -0.15) is 4.31 Å². The maximum absolute atomic E-state index is 13.2. The lowest BCUT2D eigenvalue weighted by Crippen LogP contribution is -2.46. The summed E-state index contributed by atoms with van der Waals surface area (Å²) in [6.45, 7) is 12.6. The summed E-state index contributed by atoms with van der Waals surface area (Å²) in [4.78, 5) is 50.2. The lowest BCUT2D eigenvalue weighted by Gasteiger charge is -2.26. The Bertz CT molecular complexity index is 2520. The van der Waals surface area contributed by atoms with Crippen LogP contribution in [0.15, 0.2) is 107 Å². The first-order valence-electron chi connectivity index (χ1n) is 21.9. The van der Waals surface area contributed by atoms with Crippen molar-refractivity contribution in [2.45, 2.75) is 129 Å². The Kier molecular flexibility index (Phi) is 26.1. The van der Waals surface area contributed by atoms with Gasteiger partial charge < -0.3 is 15.5 Å². The van der Waals surface area contributed by atoms with E-state index in [2.05, 4.69) is 68.5 Å². The number of halogens is 2. The number of rotatable bonds is 12. The third-order valence-electron chi connectivity index (χ3n) is 10.9. The van der Waals surface area contributed by atoms with Crippen LogP contribution in [0.4, 0.5) is 0 Å². The number of carbonyl (C=O) groups excluding carboxylic acids is 4. The van der Waals surface area contributed by atoms with Crippen LogP contribution >= 0.6 is 22.3 Å². The molecule has 68 heavy (non-hydrogen) atoms. The van der Waals surface area contributed by atoms with E-state index in [1.54, 1.807) is 6.07 Å². The average Bonchev–Trinajstić information content (AvgIpc) is 4.02. The second kappa shape index (κ2) is 29.1. The van der Waals surface area contributed by atoms with E-state index in [-0.39, 0.29) is 78.0 Å². The molecule has 1 heterocycles. The van der Waals surface area contributed by atoms with Gasteiger partial charge in [0.25, 0.3) is 20.2 Å². The van der Waals surface area contributed by atoms with E-state index in [4.69, 9.17) is 28.7 Å². The van der Waals surface area contributed by atoms with Gasteiger partial charge in [0.15, 0.2) is 0 Å². The lowest BCUT2D eigenvalue weighted by atomic mass is 10.0. The molecule has 6 rings (SSSR count). The van der Waals surface area contributed by atoms with Crippen molar-refractivity contribution in [3.05, 3.63) is 130 Å². The predicted octanol–water partition coefficient (Wildman–Crippen LogP) is 10.8. The van der Waals surface area contributed by atoms with Crippen LogP contribution < -0.4 is 10.6 Å². The van der Waals surface area contributed by atoms with Crippen LogP contribution in [-0.2, 0) is 28.7 Å². The molecular formula is C52H70Cl2N4O8S2. The van der Waals surface area contributed by atoms with Crippen molar-refractivity contribution < 1.29 is 36.0 Å². The number of benzene rings is 4. The van der Waals surface area contributed by atoms with Crippen LogP contribution in [0, 0.1) is 32.1 Å². The SMILES string of the molecule is C.C.C#CCN(C)S(=O)(=O)c1cccc(C(=O)N2CCC[C@@H]2C(=O)N[C@H](C)c2ccc(C)cc2)c1.CCC.Cc1ccc([C@@H](C)NC(=O)C2CCCC2)cc1.O=C(Cl)c1cccc(S(=O)(=O)Cl)c1. The van der Waals surface area contributed by atoms with Gasteiger partial charge in [-0.1, -0.05) is 132 Å². The number of nitrogens with zero attached hydrogens (tertiary/aromatic N) is 2. The molecule has 0 unspecified atom stereocenters. The minimum atomic E-state index is -3.82. The molecule has 12 nitrogen and oxygen atoms in total. The van der Waals surface area contributed by atoms with Crippen LogP contribution in [-0.4, -0.2) is 75.2 Å². The highest BCUT2D eigenvalue weighted by Crippen LogP contribution is 2.27. The van der Waals surface area contributed by atoms with Gasteiger partial charge in [0, 0.05) is 41.3 Å². The molecule has 372 valence electrons.